The van der Waals surface area contributed by atoms with Crippen LogP contribution in [0.5, 0.6) is 0 Å². The van der Waals surface area contributed by atoms with Gasteiger partial charge < -0.3 is 10.3 Å². The van der Waals surface area contributed by atoms with Crippen molar-refractivity contribution in [3.63, 3.8) is 0 Å². The molecule has 0 saturated heterocycles. The molecule has 0 saturated carbocycles. The van der Waals surface area contributed by atoms with E-state index in [1.807, 2.05) is 31.2 Å². The van der Waals surface area contributed by atoms with Gasteiger partial charge in [0.2, 0.25) is 11.1 Å². The van der Waals surface area contributed by atoms with Crippen LogP contribution >= 0.6 is 11.8 Å². The molecule has 102 valence electrons. The Morgan fingerprint density at radius 2 is 2.25 bits per heavy atom. The van der Waals surface area contributed by atoms with Gasteiger partial charge in [0.25, 0.3) is 5.89 Å². The molecule has 8 heteroatoms. The number of aryl methyl sites for hydroxylation is 1. The molecule has 0 aliphatic carbocycles. The summed E-state index contributed by atoms with van der Waals surface area (Å²) in [5.41, 5.74) is 7.51. The van der Waals surface area contributed by atoms with E-state index in [1.54, 1.807) is 0 Å². The van der Waals surface area contributed by atoms with Crippen LogP contribution in [0.2, 0.25) is 0 Å². The van der Waals surface area contributed by atoms with Gasteiger partial charge in [-0.3, -0.25) is 0 Å². The van der Waals surface area contributed by atoms with Crippen LogP contribution in [-0.2, 0) is 5.75 Å². The Morgan fingerprint density at radius 3 is 3.00 bits per heavy atom. The van der Waals surface area contributed by atoms with E-state index >= 15 is 0 Å². The number of nitrogens with zero attached hydrogens (tertiary/aromatic N) is 4. The topological polar surface area (TPSA) is 107 Å². The van der Waals surface area contributed by atoms with E-state index in [2.05, 4.69) is 25.3 Å². The van der Waals surface area contributed by atoms with Crippen molar-refractivity contribution in [3.05, 3.63) is 35.7 Å². The summed E-state index contributed by atoms with van der Waals surface area (Å²) in [5.74, 6) is 1.92. The lowest BCUT2D eigenvalue weighted by Crippen LogP contribution is -1.86. The Kier molecular flexibility index (Phi) is 3.38. The predicted octanol–water partition coefficient (Wildman–Crippen LogP) is 2.04. The smallest absolute Gasteiger partial charge is 0.257 e. The fourth-order valence-corrected chi connectivity index (χ4v) is 2.31. The first kappa shape index (κ1) is 12.7. The summed E-state index contributed by atoms with van der Waals surface area (Å²) < 4.78 is 5.25. The van der Waals surface area contributed by atoms with Crippen molar-refractivity contribution in [1.29, 1.82) is 0 Å². The minimum atomic E-state index is 0.293. The minimum absolute atomic E-state index is 0.293. The number of nitrogens with two attached hydrogens (primary N) is 1. The minimum Gasteiger partial charge on any atom is -0.368 e. The lowest BCUT2D eigenvalue weighted by atomic mass is 10.1. The van der Waals surface area contributed by atoms with E-state index < -0.39 is 0 Å². The third-order valence-corrected chi connectivity index (χ3v) is 3.39. The van der Waals surface area contributed by atoms with Gasteiger partial charge in [0.15, 0.2) is 5.82 Å². The lowest BCUT2D eigenvalue weighted by Gasteiger charge is -1.95. The zero-order chi connectivity index (χ0) is 13.9. The summed E-state index contributed by atoms with van der Waals surface area (Å²) in [6.45, 7) is 2.02. The van der Waals surface area contributed by atoms with E-state index in [0.717, 1.165) is 11.1 Å². The van der Waals surface area contributed by atoms with Crippen LogP contribution in [0.25, 0.3) is 11.5 Å². The van der Waals surface area contributed by atoms with Crippen molar-refractivity contribution in [2.24, 2.45) is 0 Å². The van der Waals surface area contributed by atoms with Crippen LogP contribution in [0, 0.1) is 6.92 Å². The number of benzene rings is 1. The third kappa shape index (κ3) is 2.80. The molecule has 0 aliphatic heterocycles. The first-order valence-corrected chi connectivity index (χ1v) is 6.89. The number of hydrogen-bond acceptors (Lipinski definition) is 7. The molecule has 7 nitrogen and oxygen atoms in total. The Bertz CT molecular complexity index is 722. The highest BCUT2D eigenvalue weighted by molar-refractivity contribution is 7.98. The van der Waals surface area contributed by atoms with Crippen LogP contribution < -0.4 is 5.73 Å². The maximum atomic E-state index is 5.45. The largest absolute Gasteiger partial charge is 0.368 e. The molecule has 3 rings (SSSR count). The highest BCUT2D eigenvalue weighted by Crippen LogP contribution is 2.21. The predicted molar refractivity (Wildman–Crippen MR) is 74.8 cm³/mol. The van der Waals surface area contributed by atoms with Crippen LogP contribution in [0.1, 0.15) is 11.4 Å². The molecule has 20 heavy (non-hydrogen) atoms. The molecule has 0 fully saturated rings. The molecule has 2 aromatic heterocycles. The second-order valence-corrected chi connectivity index (χ2v) is 5.12. The maximum Gasteiger partial charge on any atom is 0.257 e. The Morgan fingerprint density at radius 1 is 1.35 bits per heavy atom. The van der Waals surface area contributed by atoms with Gasteiger partial charge >= 0.3 is 0 Å². The van der Waals surface area contributed by atoms with Crippen molar-refractivity contribution in [2.45, 2.75) is 17.8 Å². The summed E-state index contributed by atoms with van der Waals surface area (Å²) in [6, 6.07) is 7.91. The van der Waals surface area contributed by atoms with Crippen LogP contribution in [0.3, 0.4) is 0 Å². The second-order valence-electron chi connectivity index (χ2n) is 4.18. The monoisotopic (exact) mass is 288 g/mol. The molecule has 0 unspecified atom stereocenters. The number of rotatable bonds is 4. The van der Waals surface area contributed by atoms with Gasteiger partial charge in [-0.25, -0.2) is 5.10 Å². The van der Waals surface area contributed by atoms with Crippen molar-refractivity contribution in [1.82, 2.24) is 25.3 Å². The van der Waals surface area contributed by atoms with Gasteiger partial charge in [0.1, 0.15) is 0 Å². The van der Waals surface area contributed by atoms with Crippen molar-refractivity contribution in [2.75, 3.05) is 5.73 Å². The third-order valence-electron chi connectivity index (χ3n) is 2.55. The van der Waals surface area contributed by atoms with Crippen LogP contribution in [0.4, 0.5) is 5.95 Å². The molecule has 0 bridgehead atoms. The summed E-state index contributed by atoms with van der Waals surface area (Å²) >= 11 is 1.39. The molecule has 3 N–H and O–H groups in total. The normalized spacial score (nSPS) is 10.8. The van der Waals surface area contributed by atoms with Crippen LogP contribution in [-0.4, -0.2) is 25.3 Å². The summed E-state index contributed by atoms with van der Waals surface area (Å²) in [5, 5.41) is 11.0. The highest BCUT2D eigenvalue weighted by atomic mass is 32.2. The van der Waals surface area contributed by atoms with E-state index in [9.17, 15) is 0 Å². The molecule has 0 atom stereocenters. The number of aromatic nitrogens is 5. The Hall–Kier alpha value is -2.35. The number of nitrogen functional groups attached to an aromatic ring is 1. The quantitative estimate of drug-likeness (QED) is 0.707. The maximum absolute atomic E-state index is 5.45. The number of aromatic amines is 1. The van der Waals surface area contributed by atoms with Gasteiger partial charge in [-0.15, -0.1) is 5.10 Å². The molecule has 1 aromatic carbocycles. The summed E-state index contributed by atoms with van der Waals surface area (Å²) in [7, 11) is 0. The second kappa shape index (κ2) is 5.33. The molecule has 2 heterocycles. The number of anilines is 1. The van der Waals surface area contributed by atoms with Crippen molar-refractivity contribution in [3.8, 4) is 11.5 Å². The average molecular weight is 288 g/mol. The molecule has 0 radical (unpaired) electrons. The summed E-state index contributed by atoms with van der Waals surface area (Å²) in [4.78, 5) is 8.34. The fourth-order valence-electron chi connectivity index (χ4n) is 1.66. The zero-order valence-electron chi connectivity index (χ0n) is 10.7. The van der Waals surface area contributed by atoms with E-state index in [-0.39, 0.29) is 0 Å². The van der Waals surface area contributed by atoms with E-state index in [0.29, 0.717) is 28.6 Å². The van der Waals surface area contributed by atoms with E-state index in [4.69, 9.17) is 10.3 Å². The number of nitrogens with one attached hydrogen (secondary N) is 1. The van der Waals surface area contributed by atoms with Gasteiger partial charge in [-0.05, 0) is 19.1 Å². The van der Waals surface area contributed by atoms with Gasteiger partial charge in [-0.2, -0.15) is 9.97 Å². The van der Waals surface area contributed by atoms with Crippen molar-refractivity contribution < 1.29 is 4.52 Å². The molecule has 3 aromatic rings. The molecule has 0 amide bonds. The average Bonchev–Trinajstić information content (AvgIpc) is 3.05. The van der Waals surface area contributed by atoms with Gasteiger partial charge in [0.05, 0.1) is 5.75 Å². The van der Waals surface area contributed by atoms with Gasteiger partial charge in [-0.1, -0.05) is 34.6 Å². The van der Waals surface area contributed by atoms with Crippen molar-refractivity contribution >= 4 is 17.7 Å². The number of H-pyrrole nitrogens is 1. The molecular weight excluding hydrogens is 276 g/mol. The molecule has 0 spiro atoms. The molecular formula is C12H12N6OS. The Balaban J connectivity index is 1.70. The standard InChI is InChI=1S/C12H12N6OS/c1-7-3-2-4-8(5-7)10-14-9(18-19-10)6-20-12-15-11(13)16-17-12/h2-5H,6H2,1H3,(H3,13,15,16,17). The first-order valence-electron chi connectivity index (χ1n) is 5.91. The number of thioether (sulfide) groups is 1. The Labute approximate surface area is 119 Å². The molecule has 0 aliphatic rings. The summed E-state index contributed by atoms with van der Waals surface area (Å²) in [6.07, 6.45) is 0. The SMILES string of the molecule is Cc1cccc(-c2nc(CSc3n[nH]c(N)n3)no2)c1. The first-order chi connectivity index (χ1) is 9.70. The number of hydrogen-bond donors (Lipinski definition) is 2. The van der Waals surface area contributed by atoms with Gasteiger partial charge in [0, 0.05) is 5.56 Å². The lowest BCUT2D eigenvalue weighted by molar-refractivity contribution is 0.425. The zero-order valence-corrected chi connectivity index (χ0v) is 11.5. The van der Waals surface area contributed by atoms with E-state index in [1.165, 1.54) is 11.8 Å². The van der Waals surface area contributed by atoms with Crippen LogP contribution in [0.15, 0.2) is 33.9 Å². The fraction of sp³-hybridized carbons (Fsp3) is 0.167. The highest BCUT2D eigenvalue weighted by Gasteiger charge is 2.10.